The second kappa shape index (κ2) is 8.39. The molecular formula is C18H17N3O4S. The molecule has 8 heteroatoms. The number of fused-ring (bicyclic) bond motifs is 1. The first kappa shape index (κ1) is 17.8. The van der Waals surface area contributed by atoms with Crippen molar-refractivity contribution in [3.8, 4) is 11.5 Å². The summed E-state index contributed by atoms with van der Waals surface area (Å²) >= 11 is 1.21. The van der Waals surface area contributed by atoms with Crippen LogP contribution in [0.4, 0.5) is 0 Å². The molecule has 0 aliphatic carbocycles. The summed E-state index contributed by atoms with van der Waals surface area (Å²) in [6, 6.07) is 12.8. The number of amides is 1. The monoisotopic (exact) mass is 371 g/mol. The Bertz CT molecular complexity index is 906. The maximum absolute atomic E-state index is 11.9. The Hall–Kier alpha value is -3.00. The zero-order valence-electron chi connectivity index (χ0n) is 14.3. The molecular weight excluding hydrogens is 354 g/mol. The van der Waals surface area contributed by atoms with Gasteiger partial charge in [0.25, 0.3) is 11.1 Å². The molecule has 0 aliphatic heterocycles. The molecule has 1 heterocycles. The fourth-order valence-electron chi connectivity index (χ4n) is 2.18. The largest absolute Gasteiger partial charge is 0.493 e. The SMILES string of the molecule is COc1ccc(/C=N/NC(=O)CSc2nc3ccccc3o2)cc1OC. The molecule has 0 unspecified atom stereocenters. The lowest BCUT2D eigenvalue weighted by atomic mass is 10.2. The highest BCUT2D eigenvalue weighted by atomic mass is 32.2. The Balaban J connectivity index is 1.52. The predicted octanol–water partition coefficient (Wildman–Crippen LogP) is 3.09. The van der Waals surface area contributed by atoms with Crippen LogP contribution in [0, 0.1) is 0 Å². The third kappa shape index (κ3) is 4.34. The molecule has 0 bridgehead atoms. The fourth-order valence-corrected chi connectivity index (χ4v) is 2.82. The van der Waals surface area contributed by atoms with Crippen molar-refractivity contribution in [2.75, 3.05) is 20.0 Å². The van der Waals surface area contributed by atoms with Crippen molar-refractivity contribution in [2.24, 2.45) is 5.10 Å². The Morgan fingerprint density at radius 2 is 2.04 bits per heavy atom. The molecule has 134 valence electrons. The number of hydrazone groups is 1. The number of thioether (sulfide) groups is 1. The van der Waals surface area contributed by atoms with Gasteiger partial charge in [0.15, 0.2) is 17.1 Å². The molecule has 1 amide bonds. The number of carbonyl (C=O) groups is 1. The predicted molar refractivity (Wildman–Crippen MR) is 100 cm³/mol. The molecule has 7 nitrogen and oxygen atoms in total. The topological polar surface area (TPSA) is 86.0 Å². The molecule has 1 aromatic heterocycles. The van der Waals surface area contributed by atoms with Gasteiger partial charge in [-0.2, -0.15) is 5.10 Å². The lowest BCUT2D eigenvalue weighted by Gasteiger charge is -2.07. The standard InChI is InChI=1S/C18H17N3O4S/c1-23-15-8-7-12(9-16(15)24-2)10-19-21-17(22)11-26-18-20-13-5-3-4-6-14(13)25-18/h3-10H,11H2,1-2H3,(H,21,22)/b19-10+. The van der Waals surface area contributed by atoms with Gasteiger partial charge in [-0.15, -0.1) is 0 Å². The van der Waals surface area contributed by atoms with Crippen LogP contribution >= 0.6 is 11.8 Å². The average Bonchev–Trinajstić information content (AvgIpc) is 3.09. The van der Waals surface area contributed by atoms with Crippen LogP contribution in [0.3, 0.4) is 0 Å². The van der Waals surface area contributed by atoms with E-state index < -0.39 is 0 Å². The van der Waals surface area contributed by atoms with E-state index in [1.807, 2.05) is 30.3 Å². The third-order valence-electron chi connectivity index (χ3n) is 3.41. The van der Waals surface area contributed by atoms with Gasteiger partial charge < -0.3 is 13.9 Å². The van der Waals surface area contributed by atoms with Gasteiger partial charge >= 0.3 is 0 Å². The van der Waals surface area contributed by atoms with Gasteiger partial charge in [0.1, 0.15) is 5.52 Å². The van der Waals surface area contributed by atoms with E-state index in [0.717, 1.165) is 11.1 Å². The molecule has 0 spiro atoms. The lowest BCUT2D eigenvalue weighted by molar-refractivity contribution is -0.118. The molecule has 0 atom stereocenters. The van der Waals surface area contributed by atoms with E-state index in [2.05, 4.69) is 15.5 Å². The minimum atomic E-state index is -0.256. The summed E-state index contributed by atoms with van der Waals surface area (Å²) in [5.74, 6) is 1.11. The number of hydrogen-bond donors (Lipinski definition) is 1. The van der Waals surface area contributed by atoms with Crippen LogP contribution in [-0.4, -0.2) is 37.1 Å². The van der Waals surface area contributed by atoms with Crippen LogP contribution < -0.4 is 14.9 Å². The molecule has 0 saturated carbocycles. The Morgan fingerprint density at radius 1 is 1.23 bits per heavy atom. The maximum atomic E-state index is 11.9. The molecule has 0 fully saturated rings. The zero-order chi connectivity index (χ0) is 18.4. The number of nitrogens with one attached hydrogen (secondary N) is 1. The van der Waals surface area contributed by atoms with Crippen molar-refractivity contribution in [3.05, 3.63) is 48.0 Å². The highest BCUT2D eigenvalue weighted by Crippen LogP contribution is 2.27. The van der Waals surface area contributed by atoms with Crippen molar-refractivity contribution in [1.82, 2.24) is 10.4 Å². The van der Waals surface area contributed by atoms with Crippen LogP contribution in [0.2, 0.25) is 0 Å². The summed E-state index contributed by atoms with van der Waals surface area (Å²) in [5.41, 5.74) is 4.70. The van der Waals surface area contributed by atoms with E-state index in [9.17, 15) is 4.79 Å². The van der Waals surface area contributed by atoms with Crippen molar-refractivity contribution < 1.29 is 18.7 Å². The maximum Gasteiger partial charge on any atom is 0.257 e. The molecule has 0 aliphatic rings. The third-order valence-corrected chi connectivity index (χ3v) is 4.24. The number of carbonyl (C=O) groups excluding carboxylic acids is 1. The fraction of sp³-hybridized carbons (Fsp3) is 0.167. The number of para-hydroxylation sites is 2. The van der Waals surface area contributed by atoms with Crippen LogP contribution in [-0.2, 0) is 4.79 Å². The van der Waals surface area contributed by atoms with Crippen molar-refractivity contribution in [3.63, 3.8) is 0 Å². The Morgan fingerprint density at radius 3 is 2.81 bits per heavy atom. The van der Waals surface area contributed by atoms with E-state index in [-0.39, 0.29) is 11.7 Å². The molecule has 1 N–H and O–H groups in total. The number of nitrogens with zero attached hydrogens (tertiary/aromatic N) is 2. The number of benzene rings is 2. The van der Waals surface area contributed by atoms with Gasteiger partial charge in [-0.3, -0.25) is 4.79 Å². The summed E-state index contributed by atoms with van der Waals surface area (Å²) in [7, 11) is 3.13. The summed E-state index contributed by atoms with van der Waals surface area (Å²) in [4.78, 5) is 16.2. The molecule has 26 heavy (non-hydrogen) atoms. The number of oxazole rings is 1. The summed E-state index contributed by atoms with van der Waals surface area (Å²) in [6.45, 7) is 0. The second-order valence-corrected chi connectivity index (χ2v) is 6.07. The van der Waals surface area contributed by atoms with Gasteiger partial charge in [0.05, 0.1) is 26.2 Å². The molecule has 3 rings (SSSR count). The van der Waals surface area contributed by atoms with Gasteiger partial charge in [-0.05, 0) is 35.9 Å². The quantitative estimate of drug-likeness (QED) is 0.390. The first-order chi connectivity index (χ1) is 12.7. The summed E-state index contributed by atoms with van der Waals surface area (Å²) in [6.07, 6.45) is 1.53. The first-order valence-corrected chi connectivity index (χ1v) is 8.70. The van der Waals surface area contributed by atoms with Gasteiger partial charge in [-0.25, -0.2) is 10.4 Å². The second-order valence-electron chi connectivity index (χ2n) is 5.14. The summed E-state index contributed by atoms with van der Waals surface area (Å²) < 4.78 is 15.9. The lowest BCUT2D eigenvalue weighted by Crippen LogP contribution is -2.19. The normalized spacial score (nSPS) is 11.0. The van der Waals surface area contributed by atoms with Crippen molar-refractivity contribution >= 4 is 35.0 Å². The number of methoxy groups -OCH3 is 2. The Labute approximate surface area is 154 Å². The number of aromatic nitrogens is 1. The van der Waals surface area contributed by atoms with Crippen LogP contribution in [0.5, 0.6) is 11.5 Å². The first-order valence-electron chi connectivity index (χ1n) is 7.72. The Kier molecular flexibility index (Phi) is 5.75. The minimum absolute atomic E-state index is 0.149. The van der Waals surface area contributed by atoms with E-state index >= 15 is 0 Å². The summed E-state index contributed by atoms with van der Waals surface area (Å²) in [5, 5.41) is 4.39. The van der Waals surface area contributed by atoms with E-state index in [1.54, 1.807) is 26.4 Å². The van der Waals surface area contributed by atoms with E-state index in [1.165, 1.54) is 18.0 Å². The van der Waals surface area contributed by atoms with Crippen LogP contribution in [0.15, 0.2) is 57.2 Å². The molecule has 2 aromatic carbocycles. The van der Waals surface area contributed by atoms with E-state index in [4.69, 9.17) is 13.9 Å². The van der Waals surface area contributed by atoms with Crippen LogP contribution in [0.25, 0.3) is 11.1 Å². The highest BCUT2D eigenvalue weighted by molar-refractivity contribution is 7.99. The minimum Gasteiger partial charge on any atom is -0.493 e. The zero-order valence-corrected chi connectivity index (χ0v) is 15.1. The van der Waals surface area contributed by atoms with Crippen LogP contribution in [0.1, 0.15) is 5.56 Å². The van der Waals surface area contributed by atoms with Crippen molar-refractivity contribution in [1.29, 1.82) is 0 Å². The van der Waals surface area contributed by atoms with Gasteiger partial charge in [0.2, 0.25) is 0 Å². The molecule has 0 radical (unpaired) electrons. The number of hydrogen-bond acceptors (Lipinski definition) is 7. The molecule has 3 aromatic rings. The highest BCUT2D eigenvalue weighted by Gasteiger charge is 2.08. The number of ether oxygens (including phenoxy) is 2. The smallest absolute Gasteiger partial charge is 0.257 e. The number of rotatable bonds is 7. The van der Waals surface area contributed by atoms with E-state index in [0.29, 0.717) is 22.3 Å². The molecule has 0 saturated heterocycles. The average molecular weight is 371 g/mol. The van der Waals surface area contributed by atoms with Gasteiger partial charge in [-0.1, -0.05) is 23.9 Å². The van der Waals surface area contributed by atoms with Gasteiger partial charge in [0, 0.05) is 0 Å². The van der Waals surface area contributed by atoms with Crippen molar-refractivity contribution in [2.45, 2.75) is 5.22 Å².